The maximum atomic E-state index is 12.2. The van der Waals surface area contributed by atoms with Crippen LogP contribution in [-0.4, -0.2) is 37.1 Å². The van der Waals surface area contributed by atoms with E-state index in [1.807, 2.05) is 0 Å². The number of amides is 3. The standard InChI is InChI=1S/C27H27ClN4O5/c1-2-3-16-36-21-14-12-20(13-15-21)30-26(34)27(35)32-29-17-19-8-4-7-11-24(19)37-18-25(33)31-23-10-6-5-9-22(23)28/h4-15,17H,2-3,16,18H2,1H3,(H,30,34)(H,31,33)(H,32,35)/b29-17-. The van der Waals surface area contributed by atoms with E-state index in [0.717, 1.165) is 12.8 Å². The fraction of sp³-hybridized carbons (Fsp3) is 0.185. The molecule has 192 valence electrons. The summed E-state index contributed by atoms with van der Waals surface area (Å²) in [5.74, 6) is -1.18. The minimum atomic E-state index is -0.947. The molecule has 10 heteroatoms. The number of hydrogen-bond acceptors (Lipinski definition) is 6. The van der Waals surface area contributed by atoms with Crippen molar-refractivity contribution in [1.29, 1.82) is 0 Å². The van der Waals surface area contributed by atoms with Crippen molar-refractivity contribution < 1.29 is 23.9 Å². The van der Waals surface area contributed by atoms with Gasteiger partial charge in [-0.25, -0.2) is 5.43 Å². The Morgan fingerprint density at radius 2 is 1.62 bits per heavy atom. The van der Waals surface area contributed by atoms with Crippen molar-refractivity contribution >= 4 is 46.9 Å². The molecule has 3 amide bonds. The minimum Gasteiger partial charge on any atom is -0.494 e. The van der Waals surface area contributed by atoms with Gasteiger partial charge in [0.15, 0.2) is 6.61 Å². The average Bonchev–Trinajstić information content (AvgIpc) is 2.90. The monoisotopic (exact) mass is 522 g/mol. The number of carbonyl (C=O) groups is 3. The van der Waals surface area contributed by atoms with E-state index in [9.17, 15) is 14.4 Å². The third-order valence-electron chi connectivity index (χ3n) is 4.88. The lowest BCUT2D eigenvalue weighted by Crippen LogP contribution is -2.32. The predicted molar refractivity (Wildman–Crippen MR) is 143 cm³/mol. The summed E-state index contributed by atoms with van der Waals surface area (Å²) >= 11 is 6.05. The van der Waals surface area contributed by atoms with E-state index in [-0.39, 0.29) is 6.61 Å². The highest BCUT2D eigenvalue weighted by atomic mass is 35.5. The molecule has 3 aromatic carbocycles. The van der Waals surface area contributed by atoms with Crippen molar-refractivity contribution in [2.45, 2.75) is 19.8 Å². The molecule has 0 fully saturated rings. The van der Waals surface area contributed by atoms with Gasteiger partial charge in [0.05, 0.1) is 23.5 Å². The topological polar surface area (TPSA) is 118 Å². The van der Waals surface area contributed by atoms with Crippen molar-refractivity contribution in [1.82, 2.24) is 5.43 Å². The zero-order valence-electron chi connectivity index (χ0n) is 20.2. The van der Waals surface area contributed by atoms with Crippen molar-refractivity contribution in [2.24, 2.45) is 5.10 Å². The van der Waals surface area contributed by atoms with E-state index in [1.165, 1.54) is 6.21 Å². The number of hydrazone groups is 1. The zero-order valence-corrected chi connectivity index (χ0v) is 21.0. The third kappa shape index (κ3) is 8.97. The molecule has 3 aromatic rings. The number of carbonyl (C=O) groups excluding carboxylic acids is 3. The zero-order chi connectivity index (χ0) is 26.5. The number of rotatable bonds is 11. The quantitative estimate of drug-likeness (QED) is 0.147. The lowest BCUT2D eigenvalue weighted by molar-refractivity contribution is -0.136. The Morgan fingerprint density at radius 3 is 2.38 bits per heavy atom. The molecule has 3 N–H and O–H groups in total. The van der Waals surface area contributed by atoms with Crippen LogP contribution in [0.25, 0.3) is 0 Å². The van der Waals surface area contributed by atoms with Crippen LogP contribution in [0.1, 0.15) is 25.3 Å². The predicted octanol–water partition coefficient (Wildman–Crippen LogP) is 4.63. The molecule has 37 heavy (non-hydrogen) atoms. The second-order valence-corrected chi connectivity index (χ2v) is 8.14. The van der Waals surface area contributed by atoms with Crippen LogP contribution in [0.4, 0.5) is 11.4 Å². The Hall–Kier alpha value is -4.37. The van der Waals surface area contributed by atoms with Crippen molar-refractivity contribution in [3.8, 4) is 11.5 Å². The summed E-state index contributed by atoms with van der Waals surface area (Å²) in [6.07, 6.45) is 3.30. The Labute approximate surface area is 219 Å². The van der Waals surface area contributed by atoms with Crippen LogP contribution < -0.4 is 25.5 Å². The van der Waals surface area contributed by atoms with Gasteiger partial charge in [-0.3, -0.25) is 14.4 Å². The Kier molecular flexibility index (Phi) is 10.5. The largest absolute Gasteiger partial charge is 0.494 e. The maximum Gasteiger partial charge on any atom is 0.329 e. The van der Waals surface area contributed by atoms with E-state index in [4.69, 9.17) is 21.1 Å². The Balaban J connectivity index is 1.48. The van der Waals surface area contributed by atoms with Crippen LogP contribution in [0.5, 0.6) is 11.5 Å². The van der Waals surface area contributed by atoms with Crippen LogP contribution in [-0.2, 0) is 14.4 Å². The lowest BCUT2D eigenvalue weighted by Gasteiger charge is -2.10. The molecule has 0 atom stereocenters. The van der Waals surface area contributed by atoms with Gasteiger partial charge in [-0.1, -0.05) is 49.2 Å². The molecule has 0 saturated heterocycles. The molecule has 0 aromatic heterocycles. The number of benzene rings is 3. The van der Waals surface area contributed by atoms with Crippen LogP contribution in [0.3, 0.4) is 0 Å². The van der Waals surface area contributed by atoms with Crippen LogP contribution in [0.15, 0.2) is 77.9 Å². The van der Waals surface area contributed by atoms with E-state index >= 15 is 0 Å². The highest BCUT2D eigenvalue weighted by Crippen LogP contribution is 2.21. The van der Waals surface area contributed by atoms with Gasteiger partial charge in [-0.15, -0.1) is 0 Å². The third-order valence-corrected chi connectivity index (χ3v) is 5.21. The summed E-state index contributed by atoms with van der Waals surface area (Å²) in [6, 6.07) is 20.4. The van der Waals surface area contributed by atoms with Gasteiger partial charge in [0.25, 0.3) is 5.91 Å². The van der Waals surface area contributed by atoms with E-state index < -0.39 is 17.7 Å². The lowest BCUT2D eigenvalue weighted by atomic mass is 10.2. The average molecular weight is 523 g/mol. The van der Waals surface area contributed by atoms with Gasteiger partial charge in [-0.2, -0.15) is 5.10 Å². The number of nitrogens with zero attached hydrogens (tertiary/aromatic N) is 1. The molecule has 0 aliphatic rings. The molecule has 0 heterocycles. The Morgan fingerprint density at radius 1 is 0.892 bits per heavy atom. The first-order valence-corrected chi connectivity index (χ1v) is 12.0. The second kappa shape index (κ2) is 14.3. The number of unbranched alkanes of at least 4 members (excludes halogenated alkanes) is 1. The first-order chi connectivity index (χ1) is 18.0. The second-order valence-electron chi connectivity index (χ2n) is 7.73. The molecule has 0 aliphatic heterocycles. The summed E-state index contributed by atoms with van der Waals surface area (Å²) < 4.78 is 11.2. The van der Waals surface area contributed by atoms with Gasteiger partial charge in [0.1, 0.15) is 11.5 Å². The van der Waals surface area contributed by atoms with E-state index in [0.29, 0.717) is 40.1 Å². The van der Waals surface area contributed by atoms with Crippen LogP contribution >= 0.6 is 11.6 Å². The van der Waals surface area contributed by atoms with Gasteiger partial charge in [0, 0.05) is 11.3 Å². The van der Waals surface area contributed by atoms with Gasteiger partial charge in [-0.05, 0) is 55.0 Å². The number of ether oxygens (including phenoxy) is 2. The first kappa shape index (κ1) is 27.2. The van der Waals surface area contributed by atoms with Gasteiger partial charge in [0.2, 0.25) is 0 Å². The summed E-state index contributed by atoms with van der Waals surface area (Å²) in [5, 5.41) is 9.40. The summed E-state index contributed by atoms with van der Waals surface area (Å²) in [6.45, 7) is 2.43. The Bertz CT molecular complexity index is 1250. The first-order valence-electron chi connectivity index (χ1n) is 11.6. The molecule has 0 unspecified atom stereocenters. The van der Waals surface area contributed by atoms with Crippen LogP contribution in [0.2, 0.25) is 5.02 Å². The summed E-state index contributed by atoms with van der Waals surface area (Å²) in [4.78, 5) is 36.5. The number of halogens is 1. The van der Waals surface area contributed by atoms with Gasteiger partial charge < -0.3 is 20.1 Å². The molecule has 0 spiro atoms. The molecule has 0 bridgehead atoms. The molecular formula is C27H27ClN4O5. The smallest absolute Gasteiger partial charge is 0.329 e. The maximum absolute atomic E-state index is 12.2. The molecule has 0 radical (unpaired) electrons. The molecule has 3 rings (SSSR count). The normalized spacial score (nSPS) is 10.5. The van der Waals surface area contributed by atoms with Gasteiger partial charge >= 0.3 is 11.8 Å². The fourth-order valence-electron chi connectivity index (χ4n) is 2.98. The van der Waals surface area contributed by atoms with Crippen LogP contribution in [0, 0.1) is 0 Å². The fourth-order valence-corrected chi connectivity index (χ4v) is 3.16. The molecule has 0 saturated carbocycles. The van der Waals surface area contributed by atoms with E-state index in [1.54, 1.807) is 72.8 Å². The minimum absolute atomic E-state index is 0.271. The molecular weight excluding hydrogens is 496 g/mol. The highest BCUT2D eigenvalue weighted by molar-refractivity contribution is 6.39. The number of hydrogen-bond donors (Lipinski definition) is 3. The number of nitrogens with one attached hydrogen (secondary N) is 3. The van der Waals surface area contributed by atoms with Crippen molar-refractivity contribution in [3.63, 3.8) is 0 Å². The SMILES string of the molecule is CCCCOc1ccc(NC(=O)C(=O)N/N=C\c2ccccc2OCC(=O)Nc2ccccc2Cl)cc1. The summed E-state index contributed by atoms with van der Waals surface area (Å²) in [5.41, 5.74) is 3.59. The van der Waals surface area contributed by atoms with E-state index in [2.05, 4.69) is 28.1 Å². The molecule has 0 aliphatic carbocycles. The molecule has 9 nitrogen and oxygen atoms in total. The number of para-hydroxylation sites is 2. The number of anilines is 2. The highest BCUT2D eigenvalue weighted by Gasteiger charge is 2.13. The van der Waals surface area contributed by atoms with Crippen molar-refractivity contribution in [3.05, 3.63) is 83.4 Å². The summed E-state index contributed by atoms with van der Waals surface area (Å²) in [7, 11) is 0. The van der Waals surface area contributed by atoms with Crippen molar-refractivity contribution in [2.75, 3.05) is 23.8 Å².